The van der Waals surface area contributed by atoms with Crippen molar-refractivity contribution in [1.82, 2.24) is 4.98 Å². The van der Waals surface area contributed by atoms with Gasteiger partial charge in [-0.05, 0) is 6.04 Å². The SMILES string of the molecule is [2H]c1nc([2H])c(NC(C)=O)c(N)c1[2H]. The molecule has 1 heterocycles. The summed E-state index contributed by atoms with van der Waals surface area (Å²) in [5.41, 5.74) is 5.33. The van der Waals surface area contributed by atoms with Crippen molar-refractivity contribution in [2.24, 2.45) is 0 Å². The van der Waals surface area contributed by atoms with Crippen LogP contribution in [0.3, 0.4) is 0 Å². The van der Waals surface area contributed by atoms with Gasteiger partial charge in [-0.2, -0.15) is 0 Å². The van der Waals surface area contributed by atoms with E-state index in [1.54, 1.807) is 0 Å². The fraction of sp³-hybridized carbons (Fsp3) is 0.143. The van der Waals surface area contributed by atoms with Gasteiger partial charge in [-0.25, -0.2) is 0 Å². The molecule has 0 atom stereocenters. The second-order valence-corrected chi connectivity index (χ2v) is 1.93. The summed E-state index contributed by atoms with van der Waals surface area (Å²) >= 11 is 0. The van der Waals surface area contributed by atoms with Crippen molar-refractivity contribution in [2.45, 2.75) is 6.92 Å². The van der Waals surface area contributed by atoms with E-state index in [2.05, 4.69) is 10.3 Å². The van der Waals surface area contributed by atoms with Gasteiger partial charge in [0.1, 0.15) is 0 Å². The van der Waals surface area contributed by atoms with E-state index >= 15 is 0 Å². The zero-order valence-corrected chi connectivity index (χ0v) is 5.93. The van der Waals surface area contributed by atoms with Gasteiger partial charge in [0.05, 0.1) is 21.7 Å². The molecule has 0 aliphatic heterocycles. The van der Waals surface area contributed by atoms with Crippen LogP contribution in [0.4, 0.5) is 11.4 Å². The first-order valence-electron chi connectivity index (χ1n) is 4.44. The Balaban J connectivity index is 3.29. The monoisotopic (exact) mass is 154 g/mol. The quantitative estimate of drug-likeness (QED) is 0.623. The largest absolute Gasteiger partial charge is 0.397 e. The number of nitrogens with zero attached hydrogens (tertiary/aromatic N) is 1. The Hall–Kier alpha value is -1.58. The number of hydrogen-bond acceptors (Lipinski definition) is 3. The molecule has 4 nitrogen and oxygen atoms in total. The van der Waals surface area contributed by atoms with Crippen molar-refractivity contribution in [3.63, 3.8) is 0 Å². The minimum absolute atomic E-state index is 0.0153. The molecular weight excluding hydrogens is 142 g/mol. The van der Waals surface area contributed by atoms with Gasteiger partial charge in [-0.15, -0.1) is 0 Å². The van der Waals surface area contributed by atoms with Crippen molar-refractivity contribution in [3.05, 3.63) is 18.4 Å². The van der Waals surface area contributed by atoms with Crippen LogP contribution in [-0.2, 0) is 4.79 Å². The Morgan fingerprint density at radius 2 is 2.64 bits per heavy atom. The van der Waals surface area contributed by atoms with E-state index in [9.17, 15) is 4.79 Å². The average molecular weight is 154 g/mol. The molecule has 0 bridgehead atoms. The van der Waals surface area contributed by atoms with E-state index in [0.29, 0.717) is 0 Å². The van der Waals surface area contributed by atoms with Crippen LogP contribution in [-0.4, -0.2) is 10.9 Å². The Bertz CT molecular complexity index is 394. The topological polar surface area (TPSA) is 68.0 Å². The minimum Gasteiger partial charge on any atom is -0.397 e. The van der Waals surface area contributed by atoms with Gasteiger partial charge in [0.2, 0.25) is 5.91 Å². The minimum atomic E-state index is -0.399. The van der Waals surface area contributed by atoms with Crippen molar-refractivity contribution in [3.8, 4) is 0 Å². The number of hydrogen-bond donors (Lipinski definition) is 2. The Morgan fingerprint density at radius 1 is 1.91 bits per heavy atom. The molecule has 1 rings (SSSR count). The molecule has 0 radical (unpaired) electrons. The maximum Gasteiger partial charge on any atom is 0.221 e. The number of rotatable bonds is 1. The van der Waals surface area contributed by atoms with Crippen LogP contribution in [0.25, 0.3) is 0 Å². The molecule has 0 fully saturated rings. The van der Waals surface area contributed by atoms with E-state index in [0.717, 1.165) is 0 Å². The highest BCUT2D eigenvalue weighted by atomic mass is 16.1. The second kappa shape index (κ2) is 3.01. The van der Waals surface area contributed by atoms with Gasteiger partial charge in [0.15, 0.2) is 0 Å². The lowest BCUT2D eigenvalue weighted by Gasteiger charge is -2.02. The lowest BCUT2D eigenvalue weighted by molar-refractivity contribution is -0.114. The van der Waals surface area contributed by atoms with Crippen molar-refractivity contribution in [2.75, 3.05) is 11.1 Å². The second-order valence-electron chi connectivity index (χ2n) is 1.93. The number of nitrogens with one attached hydrogen (secondary N) is 1. The highest BCUT2D eigenvalue weighted by Gasteiger charge is 1.98. The number of nitrogens with two attached hydrogens (primary N) is 1. The van der Waals surface area contributed by atoms with Crippen LogP contribution in [0.2, 0.25) is 0 Å². The summed E-state index contributed by atoms with van der Waals surface area (Å²) in [7, 11) is 0. The molecule has 0 aliphatic rings. The third kappa shape index (κ3) is 1.93. The van der Waals surface area contributed by atoms with Gasteiger partial charge in [0, 0.05) is 13.1 Å². The van der Waals surface area contributed by atoms with Crippen LogP contribution >= 0.6 is 0 Å². The Kier molecular flexibility index (Phi) is 1.18. The summed E-state index contributed by atoms with van der Waals surface area (Å²) in [6, 6.07) is -0.287. The number of carbonyl (C=O) groups excluding carboxylic acids is 1. The van der Waals surface area contributed by atoms with Crippen molar-refractivity contribution >= 4 is 17.3 Å². The van der Waals surface area contributed by atoms with E-state index in [4.69, 9.17) is 9.85 Å². The van der Waals surface area contributed by atoms with Crippen LogP contribution < -0.4 is 11.1 Å². The zero-order chi connectivity index (χ0) is 10.9. The summed E-state index contributed by atoms with van der Waals surface area (Å²) in [5, 5.41) is 2.29. The van der Waals surface area contributed by atoms with Crippen molar-refractivity contribution < 1.29 is 8.91 Å². The molecule has 4 heteroatoms. The van der Waals surface area contributed by atoms with Crippen LogP contribution in [0.15, 0.2) is 18.4 Å². The Morgan fingerprint density at radius 3 is 3.27 bits per heavy atom. The molecule has 0 unspecified atom stereocenters. The van der Waals surface area contributed by atoms with Gasteiger partial charge in [-0.1, -0.05) is 0 Å². The van der Waals surface area contributed by atoms with E-state index in [-0.39, 0.29) is 29.8 Å². The van der Waals surface area contributed by atoms with Crippen LogP contribution in [0.1, 0.15) is 11.0 Å². The normalized spacial score (nSPS) is 13.0. The molecule has 1 aromatic heterocycles. The maximum atomic E-state index is 10.7. The predicted molar refractivity (Wildman–Crippen MR) is 43.0 cm³/mol. The molecule has 0 spiro atoms. The first-order valence-corrected chi connectivity index (χ1v) is 2.94. The highest BCUT2D eigenvalue weighted by molar-refractivity contribution is 5.91. The number of amides is 1. The predicted octanol–water partition coefficient (Wildman–Crippen LogP) is 0.622. The molecular formula is C7H9N3O. The van der Waals surface area contributed by atoms with Crippen LogP contribution in [0, 0.1) is 0 Å². The molecule has 11 heavy (non-hydrogen) atoms. The van der Waals surface area contributed by atoms with Gasteiger partial charge in [-0.3, -0.25) is 9.78 Å². The molecule has 0 aromatic carbocycles. The summed E-state index contributed by atoms with van der Waals surface area (Å²) < 4.78 is 21.8. The van der Waals surface area contributed by atoms with Gasteiger partial charge < -0.3 is 11.1 Å². The zero-order valence-electron chi connectivity index (χ0n) is 8.93. The fourth-order valence-corrected chi connectivity index (χ4v) is 0.566. The third-order valence-corrected chi connectivity index (χ3v) is 0.985. The highest BCUT2D eigenvalue weighted by Crippen LogP contribution is 2.14. The van der Waals surface area contributed by atoms with Crippen LogP contribution in [0.5, 0.6) is 0 Å². The molecule has 1 aromatic rings. The molecule has 0 aliphatic carbocycles. The average Bonchev–Trinajstić information content (AvgIpc) is 2.09. The molecule has 0 saturated heterocycles. The van der Waals surface area contributed by atoms with Gasteiger partial charge >= 0.3 is 0 Å². The number of anilines is 2. The van der Waals surface area contributed by atoms with E-state index in [1.807, 2.05) is 0 Å². The molecule has 0 saturated carbocycles. The summed E-state index contributed by atoms with van der Waals surface area (Å²) in [4.78, 5) is 14.2. The lowest BCUT2D eigenvalue weighted by Crippen LogP contribution is -2.07. The van der Waals surface area contributed by atoms with E-state index in [1.165, 1.54) is 6.92 Å². The fourth-order valence-electron chi connectivity index (χ4n) is 0.566. The number of pyridine rings is 1. The lowest BCUT2D eigenvalue weighted by atomic mass is 10.3. The standard InChI is InChI=1S/C7H9N3O/c1-5(11)10-7-4-9-3-2-6(7)8/h2-4H,1H3,(H2,8,9)(H,10,11)/i2D,3D,4D. The molecule has 1 amide bonds. The third-order valence-electron chi connectivity index (χ3n) is 0.985. The van der Waals surface area contributed by atoms with Crippen molar-refractivity contribution in [1.29, 1.82) is 0 Å². The number of aromatic nitrogens is 1. The Labute approximate surface area is 68.6 Å². The van der Waals surface area contributed by atoms with E-state index < -0.39 is 5.91 Å². The van der Waals surface area contributed by atoms with Gasteiger partial charge in [0.25, 0.3) is 0 Å². The first kappa shape index (κ1) is 4.33. The molecule has 58 valence electrons. The summed E-state index contributed by atoms with van der Waals surface area (Å²) in [6.45, 7) is 1.26. The first-order chi connectivity index (χ1) is 6.43. The maximum absolute atomic E-state index is 10.7. The molecule has 3 N–H and O–H groups in total. The summed E-state index contributed by atoms with van der Waals surface area (Å²) in [6.07, 6.45) is -0.680. The number of nitrogen functional groups attached to an aromatic ring is 1. The number of carbonyl (C=O) groups is 1. The summed E-state index contributed by atoms with van der Waals surface area (Å²) in [5.74, 6) is -0.399. The smallest absolute Gasteiger partial charge is 0.221 e.